The molecule has 22 nitrogen and oxygen atoms in total. The Balaban J connectivity index is 0.000000228. The van der Waals surface area contributed by atoms with Crippen LogP contribution in [0.25, 0.3) is 11.0 Å². The molecule has 1 aromatic heterocycles. The Kier molecular flexibility index (Phi) is 14.4. The summed E-state index contributed by atoms with van der Waals surface area (Å²) < 4.78 is 50.2. The third-order valence-electron chi connectivity index (χ3n) is 9.58. The molecule has 2 aliphatic heterocycles. The molecule has 0 spiro atoms. The van der Waals surface area contributed by atoms with E-state index in [9.17, 15) is 53.8 Å². The van der Waals surface area contributed by atoms with Gasteiger partial charge in [-0.3, -0.25) is 14.3 Å². The van der Waals surface area contributed by atoms with Gasteiger partial charge >= 0.3 is 11.1 Å². The van der Waals surface area contributed by atoms with Crippen LogP contribution in [0.3, 0.4) is 0 Å². The number of hydrogen-bond acceptors (Lipinski definition) is 19. The number of aromatic nitrogens is 2. The number of anilines is 1. The van der Waals surface area contributed by atoms with Crippen LogP contribution in [-0.2, 0) is 29.0 Å². The Morgan fingerprint density at radius 1 is 0.750 bits per heavy atom. The number of nitrogens with two attached hydrogens (primary N) is 4. The van der Waals surface area contributed by atoms with Gasteiger partial charge in [0, 0.05) is 28.8 Å². The first-order valence-electron chi connectivity index (χ1n) is 17.2. The molecule has 3 aliphatic rings. The molecule has 0 radical (unpaired) electrons. The largest absolute Gasteiger partial charge is 0.394 e. The Bertz CT molecular complexity index is 1960. The van der Waals surface area contributed by atoms with E-state index in [1.165, 1.54) is 18.2 Å². The number of rotatable bonds is 9. The van der Waals surface area contributed by atoms with E-state index >= 15 is 0 Å². The first-order valence-corrected chi connectivity index (χ1v) is 19.5. The van der Waals surface area contributed by atoms with Gasteiger partial charge in [0.15, 0.2) is 12.6 Å². The van der Waals surface area contributed by atoms with Gasteiger partial charge in [0.1, 0.15) is 61.0 Å². The molecule has 24 heteroatoms. The smallest absolute Gasteiger partial charge is 0.314 e. The minimum Gasteiger partial charge on any atom is -0.394 e. The summed E-state index contributed by atoms with van der Waals surface area (Å²) in [5, 5.41) is 70.9. The number of nitrogens with one attached hydrogen (secondary N) is 3. The quantitative estimate of drug-likeness (QED) is 0.0891. The predicted molar refractivity (Wildman–Crippen MR) is 198 cm³/mol. The lowest BCUT2D eigenvalue weighted by Crippen LogP contribution is -2.68. The van der Waals surface area contributed by atoms with E-state index in [-0.39, 0.29) is 23.4 Å². The van der Waals surface area contributed by atoms with E-state index in [2.05, 4.69) is 30.6 Å². The summed E-state index contributed by atoms with van der Waals surface area (Å²) in [6, 6.07) is 7.83. The third-order valence-corrected chi connectivity index (χ3v) is 11.5. The number of aliphatic hydroxyl groups is 7. The summed E-state index contributed by atoms with van der Waals surface area (Å²) >= 11 is 3.27. The number of hydrogen-bond donors (Lipinski definition) is 14. The van der Waals surface area contributed by atoms with Crippen LogP contribution in [0.1, 0.15) is 6.42 Å². The van der Waals surface area contributed by atoms with Crippen LogP contribution in [0, 0.1) is 0 Å². The van der Waals surface area contributed by atoms with Gasteiger partial charge in [0.25, 0.3) is 10.0 Å². The number of aromatic amines is 2. The summed E-state index contributed by atoms with van der Waals surface area (Å²) in [7, 11) is -3.82. The highest BCUT2D eigenvalue weighted by molar-refractivity contribution is 9.10. The molecular formula is C32H46BrN7O15S. The first-order chi connectivity index (χ1) is 26.4. The van der Waals surface area contributed by atoms with Gasteiger partial charge in [-0.25, -0.2) is 8.42 Å². The topological polar surface area (TPSA) is 395 Å². The standard InChI is InChI=1S/C18H36N4O11.C14H10BrN3O4S/c19-2-6-10(25)12(27)13(28)18(30-6)33-16-5(21)1-4(20)15(14(16)29)32-17-11(26)8(22)9(24)7(3-23)31-17;15-8-1-3-9(4-2-8)18-23(21,22)10-5-6-11-12(7-10)17-14(20)13(19)16-11/h4-18,23-29H,1-3,19-22H2;1-7,18H,(H,16,19)(H,17,20)/t4-,5+,6-,7-,8+,9-,10-,11-,12+,13-,14-,15+,16-,17-,18-;/m1./s1. The summed E-state index contributed by atoms with van der Waals surface area (Å²) in [5.41, 5.74) is 22.9. The average molecular weight is 881 g/mol. The highest BCUT2D eigenvalue weighted by atomic mass is 79.9. The molecule has 0 unspecified atom stereocenters. The van der Waals surface area contributed by atoms with Gasteiger partial charge < -0.3 is 87.6 Å². The van der Waals surface area contributed by atoms with Crippen molar-refractivity contribution in [3.8, 4) is 0 Å². The number of benzene rings is 2. The minimum atomic E-state index is -3.82. The fraction of sp³-hybridized carbons (Fsp3) is 0.562. The number of sulfonamides is 1. The molecule has 2 aromatic carbocycles. The molecule has 1 saturated carbocycles. The minimum absolute atomic E-state index is 0.0318. The normalized spacial score (nSPS) is 36.4. The second-order valence-electron chi connectivity index (χ2n) is 13.5. The van der Waals surface area contributed by atoms with Crippen molar-refractivity contribution < 1.29 is 63.1 Å². The zero-order valence-corrected chi connectivity index (χ0v) is 31.7. The lowest BCUT2D eigenvalue weighted by molar-refractivity contribution is -0.332. The maximum atomic E-state index is 12.4. The highest BCUT2D eigenvalue weighted by Crippen LogP contribution is 2.31. The van der Waals surface area contributed by atoms with Gasteiger partial charge in [-0.05, 0) is 48.9 Å². The molecule has 18 N–H and O–H groups in total. The summed E-state index contributed by atoms with van der Waals surface area (Å²) in [5.74, 6) is 0. The van der Waals surface area contributed by atoms with Crippen molar-refractivity contribution in [2.75, 3.05) is 17.9 Å². The number of ether oxygens (including phenoxy) is 4. The van der Waals surface area contributed by atoms with Crippen LogP contribution in [-0.4, -0.2) is 159 Å². The van der Waals surface area contributed by atoms with E-state index in [1.807, 2.05) is 0 Å². The molecule has 15 atom stereocenters. The SMILES string of the molecule is NC[C@H]1O[C@H](O[C@H]2[C@H](O)[C@@H](O[C@H]3O[C@H](CO)[C@@H](O)[C@H](N)[C@H]3O)[C@H](N)C[C@@H]2N)[C@H](O)[C@@H](O)[C@@H]1O.O=c1[nH]c2ccc(S(=O)(=O)Nc3ccc(Br)cc3)cc2[nH]c1=O. The van der Waals surface area contributed by atoms with Crippen molar-refractivity contribution in [2.45, 2.75) is 103 Å². The molecule has 3 fully saturated rings. The van der Waals surface area contributed by atoms with Gasteiger partial charge in [0.05, 0.1) is 28.6 Å². The number of halogens is 1. The van der Waals surface area contributed by atoms with E-state index in [1.54, 1.807) is 24.3 Å². The van der Waals surface area contributed by atoms with Gasteiger partial charge in [-0.1, -0.05) is 15.9 Å². The second kappa shape index (κ2) is 18.3. The summed E-state index contributed by atoms with van der Waals surface area (Å²) in [6.07, 6.45) is -16.5. The zero-order valence-electron chi connectivity index (χ0n) is 29.3. The molecule has 0 bridgehead atoms. The molecule has 6 rings (SSSR count). The van der Waals surface area contributed by atoms with Crippen LogP contribution < -0.4 is 38.8 Å². The van der Waals surface area contributed by atoms with Crippen molar-refractivity contribution in [2.24, 2.45) is 22.9 Å². The monoisotopic (exact) mass is 879 g/mol. The van der Waals surface area contributed by atoms with Crippen molar-refractivity contribution in [1.82, 2.24) is 9.97 Å². The second-order valence-corrected chi connectivity index (χ2v) is 16.1. The Labute approximate surface area is 326 Å². The van der Waals surface area contributed by atoms with Crippen LogP contribution >= 0.6 is 15.9 Å². The summed E-state index contributed by atoms with van der Waals surface area (Å²) in [4.78, 5) is 27.3. The number of aliphatic hydroxyl groups excluding tert-OH is 7. The number of fused-ring (bicyclic) bond motifs is 1. The average Bonchev–Trinajstić information content (AvgIpc) is 3.16. The van der Waals surface area contributed by atoms with Gasteiger partial charge in [-0.15, -0.1) is 0 Å². The molecule has 0 amide bonds. The van der Waals surface area contributed by atoms with Crippen LogP contribution in [0.2, 0.25) is 0 Å². The van der Waals surface area contributed by atoms with E-state index < -0.39 is 119 Å². The Morgan fingerprint density at radius 2 is 1.30 bits per heavy atom. The third kappa shape index (κ3) is 9.64. The van der Waals surface area contributed by atoms with E-state index in [0.717, 1.165) is 4.47 Å². The predicted octanol–water partition coefficient (Wildman–Crippen LogP) is -5.51. The Hall–Kier alpha value is -2.99. The lowest BCUT2D eigenvalue weighted by Gasteiger charge is -2.48. The molecule has 56 heavy (non-hydrogen) atoms. The van der Waals surface area contributed by atoms with Gasteiger partial charge in [0.2, 0.25) is 0 Å². The van der Waals surface area contributed by atoms with E-state index in [4.69, 9.17) is 41.9 Å². The van der Waals surface area contributed by atoms with Crippen molar-refractivity contribution >= 4 is 42.7 Å². The summed E-state index contributed by atoms with van der Waals surface area (Å²) in [6.45, 7) is -0.763. The highest BCUT2D eigenvalue weighted by Gasteiger charge is 2.51. The molecular weight excluding hydrogens is 834 g/mol. The molecule has 3 heterocycles. The zero-order chi connectivity index (χ0) is 41.2. The maximum Gasteiger partial charge on any atom is 0.314 e. The fourth-order valence-corrected chi connectivity index (χ4v) is 7.74. The van der Waals surface area contributed by atoms with Crippen LogP contribution in [0.4, 0.5) is 5.69 Å². The van der Waals surface area contributed by atoms with Crippen LogP contribution in [0.15, 0.2) is 61.4 Å². The fourth-order valence-electron chi connectivity index (χ4n) is 6.39. The van der Waals surface area contributed by atoms with Crippen molar-refractivity contribution in [1.29, 1.82) is 0 Å². The maximum absolute atomic E-state index is 12.4. The van der Waals surface area contributed by atoms with E-state index in [0.29, 0.717) is 11.2 Å². The first kappa shape index (κ1) is 44.1. The van der Waals surface area contributed by atoms with Crippen molar-refractivity contribution in [3.63, 3.8) is 0 Å². The van der Waals surface area contributed by atoms with Crippen LogP contribution in [0.5, 0.6) is 0 Å². The molecule has 1 aliphatic carbocycles. The molecule has 2 saturated heterocycles. The Morgan fingerprint density at radius 3 is 1.88 bits per heavy atom. The molecule has 3 aromatic rings. The number of H-pyrrole nitrogens is 2. The lowest BCUT2D eigenvalue weighted by atomic mass is 9.84. The molecule has 312 valence electrons. The van der Waals surface area contributed by atoms with Gasteiger partial charge in [-0.2, -0.15) is 0 Å². The van der Waals surface area contributed by atoms with Crippen molar-refractivity contribution in [3.05, 3.63) is 67.6 Å².